The van der Waals surface area contributed by atoms with Gasteiger partial charge in [-0.3, -0.25) is 14.6 Å². The van der Waals surface area contributed by atoms with Gasteiger partial charge in [-0.2, -0.15) is 5.26 Å². The molecule has 1 aliphatic heterocycles. The molecular formula is C28H31N5O2. The number of benzene rings is 2. The van der Waals surface area contributed by atoms with Gasteiger partial charge in [-0.15, -0.1) is 0 Å². The third-order valence-corrected chi connectivity index (χ3v) is 6.69. The average molecular weight is 470 g/mol. The van der Waals surface area contributed by atoms with E-state index in [0.29, 0.717) is 38.2 Å². The van der Waals surface area contributed by atoms with Gasteiger partial charge in [-0.25, -0.2) is 0 Å². The molecule has 35 heavy (non-hydrogen) atoms. The fourth-order valence-electron chi connectivity index (χ4n) is 4.81. The highest BCUT2D eigenvalue weighted by Gasteiger charge is 2.30. The molecule has 0 saturated heterocycles. The number of rotatable bonds is 7. The summed E-state index contributed by atoms with van der Waals surface area (Å²) in [5.41, 5.74) is 4.09. The number of anilines is 1. The Morgan fingerprint density at radius 1 is 1.14 bits per heavy atom. The van der Waals surface area contributed by atoms with Crippen LogP contribution in [0.2, 0.25) is 0 Å². The van der Waals surface area contributed by atoms with E-state index < -0.39 is 5.92 Å². The fourth-order valence-corrected chi connectivity index (χ4v) is 4.81. The number of fused-ring (bicyclic) bond motifs is 2. The van der Waals surface area contributed by atoms with Crippen LogP contribution in [0.4, 0.5) is 5.69 Å². The maximum atomic E-state index is 12.7. The molecule has 1 aliphatic carbocycles. The van der Waals surface area contributed by atoms with E-state index in [9.17, 15) is 14.9 Å². The first-order valence-electron chi connectivity index (χ1n) is 12.2. The number of nitriles is 1. The molecule has 2 amide bonds. The van der Waals surface area contributed by atoms with Crippen molar-refractivity contribution in [3.05, 3.63) is 77.4 Å². The quantitative estimate of drug-likeness (QED) is 0.600. The Kier molecular flexibility index (Phi) is 7.74. The lowest BCUT2D eigenvalue weighted by molar-refractivity contribution is -0.133. The number of nitrogens with zero attached hydrogens (tertiary/aromatic N) is 3. The molecule has 7 nitrogen and oxygen atoms in total. The van der Waals surface area contributed by atoms with Gasteiger partial charge in [0.05, 0.1) is 36.2 Å². The van der Waals surface area contributed by atoms with E-state index in [1.54, 1.807) is 4.90 Å². The minimum Gasteiger partial charge on any atom is -0.343 e. The van der Waals surface area contributed by atoms with E-state index in [1.165, 1.54) is 0 Å². The Hall–Kier alpha value is -3.76. The van der Waals surface area contributed by atoms with Crippen LogP contribution in [0, 0.1) is 23.2 Å². The molecule has 2 aliphatic rings. The van der Waals surface area contributed by atoms with Gasteiger partial charge >= 0.3 is 0 Å². The van der Waals surface area contributed by atoms with Crippen molar-refractivity contribution >= 4 is 23.2 Å². The summed E-state index contributed by atoms with van der Waals surface area (Å²) in [6.45, 7) is 6.31. The molecule has 0 bridgehead atoms. The SMILES string of the molecule is CCN(CC)C(=O)C1C=CC(=NCCNC2c3ccccc3NC(=O)c3ccccc32)C(C#N)C1. The standard InChI is InChI=1S/C28H31N5O2/c1-3-33(4-2)28(35)19-13-14-24(20(17-19)18-29)30-15-16-31-26-21-9-5-6-10-22(21)27(34)32-25-12-8-7-11-23(25)26/h5-14,19-20,26,31H,3-4,15-17H2,1-2H3,(H,32,34). The summed E-state index contributed by atoms with van der Waals surface area (Å²) in [4.78, 5) is 31.9. The predicted molar refractivity (Wildman–Crippen MR) is 137 cm³/mol. The summed E-state index contributed by atoms with van der Waals surface area (Å²) in [5, 5.41) is 16.3. The van der Waals surface area contributed by atoms with E-state index in [2.05, 4.69) is 21.7 Å². The molecule has 2 N–H and O–H groups in total. The molecule has 3 atom stereocenters. The second-order valence-electron chi connectivity index (χ2n) is 8.72. The normalized spacial score (nSPS) is 21.9. The molecule has 0 saturated carbocycles. The average Bonchev–Trinajstić information content (AvgIpc) is 3.01. The number of amides is 2. The first kappa shape index (κ1) is 24.4. The first-order chi connectivity index (χ1) is 17.1. The van der Waals surface area contributed by atoms with Gasteiger partial charge in [0.2, 0.25) is 5.91 Å². The highest BCUT2D eigenvalue weighted by atomic mass is 16.2. The van der Waals surface area contributed by atoms with Crippen molar-refractivity contribution in [3.8, 4) is 6.07 Å². The number of carbonyl (C=O) groups is 2. The van der Waals surface area contributed by atoms with Crippen LogP contribution < -0.4 is 10.6 Å². The van der Waals surface area contributed by atoms with E-state index in [0.717, 1.165) is 22.5 Å². The number of allylic oxidation sites excluding steroid dienone is 1. The van der Waals surface area contributed by atoms with Crippen molar-refractivity contribution in [3.63, 3.8) is 0 Å². The summed E-state index contributed by atoms with van der Waals surface area (Å²) < 4.78 is 0. The molecule has 4 rings (SSSR count). The summed E-state index contributed by atoms with van der Waals surface area (Å²) in [6.07, 6.45) is 4.18. The zero-order valence-electron chi connectivity index (χ0n) is 20.2. The molecule has 0 radical (unpaired) electrons. The molecule has 2 aromatic carbocycles. The van der Waals surface area contributed by atoms with Crippen LogP contribution in [0.25, 0.3) is 0 Å². The third kappa shape index (κ3) is 5.18. The largest absolute Gasteiger partial charge is 0.343 e. The van der Waals surface area contributed by atoms with Crippen molar-refractivity contribution in [2.75, 3.05) is 31.5 Å². The number of aliphatic imine (C=N–C) groups is 1. The van der Waals surface area contributed by atoms with Crippen LogP contribution in [0.1, 0.15) is 47.8 Å². The van der Waals surface area contributed by atoms with Gasteiger partial charge in [0.25, 0.3) is 5.91 Å². The number of para-hydroxylation sites is 1. The number of hydrogen-bond donors (Lipinski definition) is 2. The Labute approximate surface area is 206 Å². The molecule has 180 valence electrons. The second-order valence-corrected chi connectivity index (χ2v) is 8.72. The zero-order chi connectivity index (χ0) is 24.8. The summed E-state index contributed by atoms with van der Waals surface area (Å²) in [7, 11) is 0. The molecule has 0 aromatic heterocycles. The Morgan fingerprint density at radius 3 is 2.60 bits per heavy atom. The topological polar surface area (TPSA) is 97.6 Å². The maximum Gasteiger partial charge on any atom is 0.256 e. The molecule has 7 heteroatoms. The minimum absolute atomic E-state index is 0.0704. The van der Waals surface area contributed by atoms with E-state index >= 15 is 0 Å². The van der Waals surface area contributed by atoms with Crippen molar-refractivity contribution < 1.29 is 9.59 Å². The minimum atomic E-state index is -0.398. The Balaban J connectivity index is 1.48. The van der Waals surface area contributed by atoms with Crippen LogP contribution in [0.5, 0.6) is 0 Å². The van der Waals surface area contributed by atoms with Crippen LogP contribution >= 0.6 is 0 Å². The number of hydrogen-bond acceptors (Lipinski definition) is 5. The zero-order valence-corrected chi connectivity index (χ0v) is 20.2. The highest BCUT2D eigenvalue weighted by molar-refractivity contribution is 6.07. The second kappa shape index (κ2) is 11.1. The monoisotopic (exact) mass is 469 g/mol. The van der Waals surface area contributed by atoms with Gasteiger partial charge in [0.1, 0.15) is 0 Å². The van der Waals surface area contributed by atoms with Crippen LogP contribution in [0.15, 0.2) is 65.7 Å². The maximum absolute atomic E-state index is 12.7. The lowest BCUT2D eigenvalue weighted by Gasteiger charge is -2.27. The van der Waals surface area contributed by atoms with Gasteiger partial charge in [-0.1, -0.05) is 42.5 Å². The van der Waals surface area contributed by atoms with Crippen LogP contribution in [-0.4, -0.2) is 48.6 Å². The summed E-state index contributed by atoms with van der Waals surface area (Å²) in [6, 6.07) is 17.6. The molecule has 0 fully saturated rings. The Bertz CT molecular complexity index is 1190. The molecule has 0 spiro atoms. The van der Waals surface area contributed by atoms with Gasteiger partial charge in [-0.05, 0) is 49.6 Å². The lowest BCUT2D eigenvalue weighted by Crippen LogP contribution is -2.37. The lowest BCUT2D eigenvalue weighted by atomic mass is 9.85. The number of nitrogens with one attached hydrogen (secondary N) is 2. The molecule has 1 heterocycles. The Morgan fingerprint density at radius 2 is 1.86 bits per heavy atom. The van der Waals surface area contributed by atoms with Crippen molar-refractivity contribution in [1.82, 2.24) is 10.2 Å². The van der Waals surface area contributed by atoms with Gasteiger partial charge in [0.15, 0.2) is 0 Å². The first-order valence-corrected chi connectivity index (χ1v) is 12.2. The van der Waals surface area contributed by atoms with Crippen LogP contribution in [-0.2, 0) is 4.79 Å². The summed E-state index contributed by atoms with van der Waals surface area (Å²) >= 11 is 0. The fraction of sp³-hybridized carbons (Fsp3) is 0.357. The van der Waals surface area contributed by atoms with Gasteiger partial charge in [0, 0.05) is 30.9 Å². The smallest absolute Gasteiger partial charge is 0.256 e. The number of carbonyl (C=O) groups excluding carboxylic acids is 2. The van der Waals surface area contributed by atoms with Crippen molar-refractivity contribution in [2.45, 2.75) is 26.3 Å². The van der Waals surface area contributed by atoms with E-state index in [1.807, 2.05) is 74.5 Å². The van der Waals surface area contributed by atoms with Crippen LogP contribution in [0.3, 0.4) is 0 Å². The van der Waals surface area contributed by atoms with E-state index in [4.69, 9.17) is 0 Å². The molecule has 3 unspecified atom stereocenters. The van der Waals surface area contributed by atoms with Crippen molar-refractivity contribution in [2.24, 2.45) is 16.8 Å². The van der Waals surface area contributed by atoms with E-state index in [-0.39, 0.29) is 23.8 Å². The third-order valence-electron chi connectivity index (χ3n) is 6.69. The van der Waals surface area contributed by atoms with Crippen molar-refractivity contribution in [1.29, 1.82) is 5.26 Å². The summed E-state index contributed by atoms with van der Waals surface area (Å²) in [5.74, 6) is -0.719. The molecule has 2 aromatic rings. The predicted octanol–water partition coefficient (Wildman–Crippen LogP) is 3.96. The highest BCUT2D eigenvalue weighted by Crippen LogP contribution is 2.34. The van der Waals surface area contributed by atoms with Gasteiger partial charge < -0.3 is 15.5 Å². The molecular weight excluding hydrogens is 438 g/mol.